The Morgan fingerprint density at radius 2 is 2.31 bits per heavy atom. The molecule has 4 nitrogen and oxygen atoms in total. The molecule has 0 aromatic carbocycles. The number of nitrogens with zero attached hydrogens (tertiary/aromatic N) is 3. The summed E-state index contributed by atoms with van der Waals surface area (Å²) >= 11 is 0. The van der Waals surface area contributed by atoms with Crippen molar-refractivity contribution in [3.63, 3.8) is 0 Å². The summed E-state index contributed by atoms with van der Waals surface area (Å²) in [6, 6.07) is 3.91. The molecule has 0 unspecified atom stereocenters. The Morgan fingerprint density at radius 1 is 1.46 bits per heavy atom. The van der Waals surface area contributed by atoms with E-state index in [1.165, 1.54) is 0 Å². The van der Waals surface area contributed by atoms with Crippen LogP contribution in [0.5, 0.6) is 5.88 Å². The molecule has 0 aliphatic heterocycles. The molecule has 68 valence electrons. The summed E-state index contributed by atoms with van der Waals surface area (Å²) in [7, 11) is 1.61. The highest BCUT2D eigenvalue weighted by Gasteiger charge is 2.03. The Morgan fingerprint density at radius 3 is 3.00 bits per heavy atom. The van der Waals surface area contributed by atoms with Gasteiger partial charge in [-0.15, -0.1) is 0 Å². The van der Waals surface area contributed by atoms with E-state index in [0.717, 1.165) is 17.8 Å². The van der Waals surface area contributed by atoms with Crippen LogP contribution in [0.25, 0.3) is 5.65 Å². The van der Waals surface area contributed by atoms with Gasteiger partial charge in [-0.25, -0.2) is 4.98 Å². The van der Waals surface area contributed by atoms with Gasteiger partial charge in [-0.2, -0.15) is 9.61 Å². The Bertz CT molecular complexity index is 422. The lowest BCUT2D eigenvalue weighted by Gasteiger charge is -2.00. The first kappa shape index (κ1) is 8.04. The van der Waals surface area contributed by atoms with E-state index in [1.807, 2.05) is 12.1 Å². The van der Waals surface area contributed by atoms with Crippen LogP contribution in [0.4, 0.5) is 0 Å². The van der Waals surface area contributed by atoms with Crippen molar-refractivity contribution in [1.29, 1.82) is 0 Å². The van der Waals surface area contributed by atoms with Gasteiger partial charge in [0.05, 0.1) is 19.0 Å². The molecule has 0 spiro atoms. The SMILES string of the molecule is CCc1ccc2ncc(OC)n2n1. The first-order valence-corrected chi connectivity index (χ1v) is 4.23. The molecule has 0 aliphatic carbocycles. The van der Waals surface area contributed by atoms with Crippen LogP contribution >= 0.6 is 0 Å². The van der Waals surface area contributed by atoms with Crippen LogP contribution in [-0.4, -0.2) is 21.7 Å². The van der Waals surface area contributed by atoms with Gasteiger partial charge in [-0.05, 0) is 18.6 Å². The van der Waals surface area contributed by atoms with Crippen molar-refractivity contribution in [2.45, 2.75) is 13.3 Å². The highest BCUT2D eigenvalue weighted by molar-refractivity contribution is 5.40. The fourth-order valence-electron chi connectivity index (χ4n) is 1.22. The lowest BCUT2D eigenvalue weighted by Crippen LogP contribution is -1.98. The molecule has 2 rings (SSSR count). The normalized spacial score (nSPS) is 10.6. The second kappa shape index (κ2) is 3.05. The van der Waals surface area contributed by atoms with Gasteiger partial charge >= 0.3 is 0 Å². The summed E-state index contributed by atoms with van der Waals surface area (Å²) in [5.41, 5.74) is 1.85. The minimum Gasteiger partial charge on any atom is -0.480 e. The largest absolute Gasteiger partial charge is 0.480 e. The van der Waals surface area contributed by atoms with Crippen molar-refractivity contribution < 1.29 is 4.74 Å². The van der Waals surface area contributed by atoms with Crippen molar-refractivity contribution in [3.05, 3.63) is 24.0 Å². The van der Waals surface area contributed by atoms with Gasteiger partial charge in [-0.3, -0.25) is 0 Å². The summed E-state index contributed by atoms with van der Waals surface area (Å²) in [5, 5.41) is 4.35. The third-order valence-corrected chi connectivity index (χ3v) is 1.96. The summed E-state index contributed by atoms with van der Waals surface area (Å²) in [4.78, 5) is 4.14. The lowest BCUT2D eigenvalue weighted by atomic mass is 10.3. The summed E-state index contributed by atoms with van der Waals surface area (Å²) in [6.45, 7) is 2.07. The van der Waals surface area contributed by atoms with E-state index in [0.29, 0.717) is 5.88 Å². The highest BCUT2D eigenvalue weighted by Crippen LogP contribution is 2.12. The molecule has 0 aliphatic rings. The fraction of sp³-hybridized carbons (Fsp3) is 0.333. The number of imidazole rings is 1. The second-order valence-electron chi connectivity index (χ2n) is 2.75. The van der Waals surface area contributed by atoms with Crippen LogP contribution in [0.2, 0.25) is 0 Å². The predicted molar refractivity (Wildman–Crippen MR) is 48.9 cm³/mol. The van der Waals surface area contributed by atoms with E-state index >= 15 is 0 Å². The van der Waals surface area contributed by atoms with Crippen molar-refractivity contribution in [3.8, 4) is 5.88 Å². The maximum atomic E-state index is 5.10. The van der Waals surface area contributed by atoms with E-state index in [-0.39, 0.29) is 0 Å². The first-order valence-electron chi connectivity index (χ1n) is 4.23. The van der Waals surface area contributed by atoms with Gasteiger partial charge in [0.15, 0.2) is 5.65 Å². The molecule has 0 radical (unpaired) electrons. The molecule has 0 saturated heterocycles. The minimum absolute atomic E-state index is 0.672. The van der Waals surface area contributed by atoms with Crippen LogP contribution in [0, 0.1) is 0 Å². The Balaban J connectivity index is 2.64. The Hall–Kier alpha value is -1.58. The average molecular weight is 177 g/mol. The van der Waals surface area contributed by atoms with Crippen molar-refractivity contribution in [2.75, 3.05) is 7.11 Å². The standard InChI is InChI=1S/C9H11N3O/c1-3-7-4-5-8-10-6-9(13-2)12(8)11-7/h4-6H,3H2,1-2H3. The summed E-state index contributed by atoms with van der Waals surface area (Å²) in [5.74, 6) is 0.672. The maximum absolute atomic E-state index is 5.10. The number of fused-ring (bicyclic) bond motifs is 1. The molecule has 2 heterocycles. The number of ether oxygens (including phenoxy) is 1. The number of aromatic nitrogens is 3. The molecular weight excluding hydrogens is 166 g/mol. The average Bonchev–Trinajstić information content (AvgIpc) is 2.59. The van der Waals surface area contributed by atoms with Crippen LogP contribution in [0.3, 0.4) is 0 Å². The number of aryl methyl sites for hydroxylation is 1. The molecular formula is C9H11N3O. The fourth-order valence-corrected chi connectivity index (χ4v) is 1.22. The van der Waals surface area contributed by atoms with Crippen molar-refractivity contribution >= 4 is 5.65 Å². The van der Waals surface area contributed by atoms with Crippen LogP contribution < -0.4 is 4.74 Å². The van der Waals surface area contributed by atoms with Gasteiger partial charge < -0.3 is 4.74 Å². The molecule has 4 heteroatoms. The Kier molecular flexibility index (Phi) is 1.88. The summed E-state index contributed by atoms with van der Waals surface area (Å²) in [6.07, 6.45) is 2.58. The quantitative estimate of drug-likeness (QED) is 0.694. The molecule has 13 heavy (non-hydrogen) atoms. The molecule has 0 fully saturated rings. The third kappa shape index (κ3) is 1.24. The Labute approximate surface area is 76.2 Å². The number of methoxy groups -OCH3 is 1. The van der Waals surface area contributed by atoms with Crippen LogP contribution in [0.1, 0.15) is 12.6 Å². The van der Waals surface area contributed by atoms with E-state index in [4.69, 9.17) is 4.74 Å². The zero-order chi connectivity index (χ0) is 9.26. The van der Waals surface area contributed by atoms with Gasteiger partial charge in [0.2, 0.25) is 5.88 Å². The lowest BCUT2D eigenvalue weighted by molar-refractivity contribution is 0.386. The maximum Gasteiger partial charge on any atom is 0.235 e. The number of hydrogen-bond donors (Lipinski definition) is 0. The topological polar surface area (TPSA) is 39.4 Å². The van der Waals surface area contributed by atoms with E-state index in [1.54, 1.807) is 17.8 Å². The highest BCUT2D eigenvalue weighted by atomic mass is 16.5. The molecule has 0 saturated carbocycles. The molecule has 0 bridgehead atoms. The monoisotopic (exact) mass is 177 g/mol. The van der Waals surface area contributed by atoms with E-state index < -0.39 is 0 Å². The zero-order valence-electron chi connectivity index (χ0n) is 7.69. The first-order chi connectivity index (χ1) is 6.35. The van der Waals surface area contributed by atoms with Gasteiger partial charge in [-0.1, -0.05) is 6.92 Å². The molecule has 2 aromatic heterocycles. The van der Waals surface area contributed by atoms with Gasteiger partial charge in [0, 0.05) is 0 Å². The smallest absolute Gasteiger partial charge is 0.235 e. The van der Waals surface area contributed by atoms with Crippen LogP contribution in [0.15, 0.2) is 18.3 Å². The number of rotatable bonds is 2. The van der Waals surface area contributed by atoms with Gasteiger partial charge in [0.1, 0.15) is 0 Å². The van der Waals surface area contributed by atoms with Crippen molar-refractivity contribution in [2.24, 2.45) is 0 Å². The van der Waals surface area contributed by atoms with Gasteiger partial charge in [0.25, 0.3) is 0 Å². The predicted octanol–water partition coefficient (Wildman–Crippen LogP) is 1.30. The molecule has 2 aromatic rings. The minimum atomic E-state index is 0.672. The molecule has 0 atom stereocenters. The van der Waals surface area contributed by atoms with E-state index in [2.05, 4.69) is 17.0 Å². The van der Waals surface area contributed by atoms with E-state index in [9.17, 15) is 0 Å². The second-order valence-corrected chi connectivity index (χ2v) is 2.75. The van der Waals surface area contributed by atoms with Crippen molar-refractivity contribution in [1.82, 2.24) is 14.6 Å². The molecule has 0 amide bonds. The zero-order valence-corrected chi connectivity index (χ0v) is 7.69. The molecule has 0 N–H and O–H groups in total. The number of hydrogen-bond acceptors (Lipinski definition) is 3. The third-order valence-electron chi connectivity index (χ3n) is 1.96. The summed E-state index contributed by atoms with van der Waals surface area (Å²) < 4.78 is 6.81. The van der Waals surface area contributed by atoms with Crippen LogP contribution in [-0.2, 0) is 6.42 Å².